The first kappa shape index (κ1) is 19.7. The van der Waals surface area contributed by atoms with E-state index in [0.29, 0.717) is 12.6 Å². The van der Waals surface area contributed by atoms with Gasteiger partial charge in [0.1, 0.15) is 5.60 Å². The molecule has 1 aliphatic rings. The fourth-order valence-electron chi connectivity index (χ4n) is 2.99. The van der Waals surface area contributed by atoms with Crippen molar-refractivity contribution in [3.05, 3.63) is 35.4 Å². The van der Waals surface area contributed by atoms with Crippen molar-refractivity contribution < 1.29 is 14.3 Å². The third-order valence-electron chi connectivity index (χ3n) is 4.42. The molecule has 0 radical (unpaired) electrons. The first-order chi connectivity index (χ1) is 11.8. The van der Waals surface area contributed by atoms with E-state index in [0.717, 1.165) is 38.0 Å². The molecular formula is C20H32N2O3. The number of carbonyl (C=O) groups excluding carboxylic acids is 1. The normalized spacial score (nSPS) is 16.7. The van der Waals surface area contributed by atoms with Crippen LogP contribution in [0.3, 0.4) is 0 Å². The van der Waals surface area contributed by atoms with Crippen molar-refractivity contribution in [1.29, 1.82) is 0 Å². The summed E-state index contributed by atoms with van der Waals surface area (Å²) in [5.41, 5.74) is 1.94. The van der Waals surface area contributed by atoms with Crippen molar-refractivity contribution in [3.8, 4) is 0 Å². The predicted molar refractivity (Wildman–Crippen MR) is 99.5 cm³/mol. The number of carbonyl (C=O) groups is 1. The van der Waals surface area contributed by atoms with Gasteiger partial charge in [0.2, 0.25) is 0 Å². The zero-order valence-electron chi connectivity index (χ0n) is 16.2. The third kappa shape index (κ3) is 6.67. The largest absolute Gasteiger partial charge is 0.444 e. The number of methoxy groups -OCH3 is 1. The van der Waals surface area contributed by atoms with Gasteiger partial charge in [0, 0.05) is 40.3 Å². The van der Waals surface area contributed by atoms with E-state index in [-0.39, 0.29) is 6.09 Å². The minimum atomic E-state index is -0.467. The Morgan fingerprint density at radius 2 is 1.72 bits per heavy atom. The second kappa shape index (κ2) is 8.68. The molecule has 0 saturated carbocycles. The maximum Gasteiger partial charge on any atom is 0.410 e. The van der Waals surface area contributed by atoms with Gasteiger partial charge in [-0.2, -0.15) is 0 Å². The molecule has 2 rings (SSSR count). The summed E-state index contributed by atoms with van der Waals surface area (Å²) in [6, 6.07) is 8.50. The standard InChI is InChI=1S/C20H32N2O3/c1-20(2,3)25-19(23)21(4)14-16-6-8-17(9-7-16)15-22-12-10-18(24-5)11-13-22/h6-9,18H,10-15H2,1-5H3. The molecule has 140 valence electrons. The van der Waals surface area contributed by atoms with Gasteiger partial charge in [0.25, 0.3) is 0 Å². The zero-order chi connectivity index (χ0) is 18.4. The second-order valence-electron chi connectivity index (χ2n) is 7.86. The first-order valence-corrected chi connectivity index (χ1v) is 9.04. The van der Waals surface area contributed by atoms with Crippen molar-refractivity contribution in [2.45, 2.75) is 58.4 Å². The van der Waals surface area contributed by atoms with Crippen molar-refractivity contribution in [1.82, 2.24) is 9.80 Å². The second-order valence-corrected chi connectivity index (χ2v) is 7.86. The molecule has 5 nitrogen and oxygen atoms in total. The summed E-state index contributed by atoms with van der Waals surface area (Å²) >= 11 is 0. The van der Waals surface area contributed by atoms with Gasteiger partial charge < -0.3 is 14.4 Å². The lowest BCUT2D eigenvalue weighted by atomic mass is 10.1. The fraction of sp³-hybridized carbons (Fsp3) is 0.650. The van der Waals surface area contributed by atoms with Crippen LogP contribution >= 0.6 is 0 Å². The third-order valence-corrected chi connectivity index (χ3v) is 4.42. The highest BCUT2D eigenvalue weighted by molar-refractivity contribution is 5.67. The van der Waals surface area contributed by atoms with E-state index in [2.05, 4.69) is 29.2 Å². The monoisotopic (exact) mass is 348 g/mol. The van der Waals surface area contributed by atoms with E-state index >= 15 is 0 Å². The molecule has 1 aromatic carbocycles. The lowest BCUT2D eigenvalue weighted by Crippen LogP contribution is -2.36. The lowest BCUT2D eigenvalue weighted by Gasteiger charge is -2.31. The maximum atomic E-state index is 12.0. The number of piperidine rings is 1. The van der Waals surface area contributed by atoms with Crippen LogP contribution in [0.5, 0.6) is 0 Å². The van der Waals surface area contributed by atoms with Gasteiger partial charge in [-0.15, -0.1) is 0 Å². The van der Waals surface area contributed by atoms with E-state index in [9.17, 15) is 4.79 Å². The predicted octanol–water partition coefficient (Wildman–Crippen LogP) is 3.66. The molecule has 0 spiro atoms. The number of benzene rings is 1. The summed E-state index contributed by atoms with van der Waals surface area (Å²) in [6.45, 7) is 9.32. The van der Waals surface area contributed by atoms with Gasteiger partial charge >= 0.3 is 6.09 Å². The van der Waals surface area contributed by atoms with Crippen molar-refractivity contribution in [2.24, 2.45) is 0 Å². The van der Waals surface area contributed by atoms with Crippen molar-refractivity contribution in [3.63, 3.8) is 0 Å². The minimum absolute atomic E-state index is 0.294. The summed E-state index contributed by atoms with van der Waals surface area (Å²) in [5.74, 6) is 0. The molecule has 1 amide bonds. The summed E-state index contributed by atoms with van der Waals surface area (Å²) in [6.07, 6.45) is 2.34. The Morgan fingerprint density at radius 1 is 1.16 bits per heavy atom. The number of nitrogens with zero attached hydrogens (tertiary/aromatic N) is 2. The average molecular weight is 348 g/mol. The van der Waals surface area contributed by atoms with Crippen molar-refractivity contribution in [2.75, 3.05) is 27.2 Å². The Morgan fingerprint density at radius 3 is 2.24 bits per heavy atom. The summed E-state index contributed by atoms with van der Waals surface area (Å²) in [4.78, 5) is 16.1. The molecule has 1 fully saturated rings. The van der Waals surface area contributed by atoms with Crippen LogP contribution < -0.4 is 0 Å². The molecule has 0 bridgehead atoms. The molecule has 0 aliphatic carbocycles. The molecular weight excluding hydrogens is 316 g/mol. The molecule has 25 heavy (non-hydrogen) atoms. The minimum Gasteiger partial charge on any atom is -0.444 e. The number of hydrogen-bond donors (Lipinski definition) is 0. The van der Waals surface area contributed by atoms with Crippen LogP contribution in [-0.2, 0) is 22.6 Å². The highest BCUT2D eigenvalue weighted by Gasteiger charge is 2.20. The van der Waals surface area contributed by atoms with Crippen LogP contribution in [0.2, 0.25) is 0 Å². The van der Waals surface area contributed by atoms with E-state index in [1.807, 2.05) is 20.8 Å². The molecule has 1 aliphatic heterocycles. The Balaban J connectivity index is 1.82. The van der Waals surface area contributed by atoms with Gasteiger partial charge in [-0.05, 0) is 44.7 Å². The lowest BCUT2D eigenvalue weighted by molar-refractivity contribution is 0.0285. The smallest absolute Gasteiger partial charge is 0.410 e. The van der Waals surface area contributed by atoms with Crippen molar-refractivity contribution >= 4 is 6.09 Å². The number of hydrogen-bond acceptors (Lipinski definition) is 4. The van der Waals surface area contributed by atoms with Gasteiger partial charge in [0.05, 0.1) is 6.10 Å². The first-order valence-electron chi connectivity index (χ1n) is 9.04. The van der Waals surface area contributed by atoms with Gasteiger partial charge in [-0.1, -0.05) is 24.3 Å². The molecule has 5 heteroatoms. The molecule has 0 atom stereocenters. The number of amides is 1. The van der Waals surface area contributed by atoms with Crippen LogP contribution in [0.4, 0.5) is 4.79 Å². The Bertz CT molecular complexity index is 543. The quantitative estimate of drug-likeness (QED) is 0.814. The summed E-state index contributed by atoms with van der Waals surface area (Å²) < 4.78 is 10.8. The molecule has 1 saturated heterocycles. The van der Waals surface area contributed by atoms with Crippen LogP contribution in [0.15, 0.2) is 24.3 Å². The Hall–Kier alpha value is -1.59. The van der Waals surface area contributed by atoms with E-state index in [4.69, 9.17) is 9.47 Å². The average Bonchev–Trinajstić information content (AvgIpc) is 2.56. The molecule has 1 aromatic rings. The Labute approximate surface area is 151 Å². The number of ether oxygens (including phenoxy) is 2. The van der Waals surface area contributed by atoms with E-state index in [1.165, 1.54) is 5.56 Å². The summed E-state index contributed by atoms with van der Waals surface area (Å²) in [5, 5.41) is 0. The van der Waals surface area contributed by atoms with Gasteiger partial charge in [-0.25, -0.2) is 4.79 Å². The molecule has 0 aromatic heterocycles. The van der Waals surface area contributed by atoms with Gasteiger partial charge in [-0.3, -0.25) is 4.90 Å². The number of rotatable bonds is 5. The van der Waals surface area contributed by atoms with Crippen LogP contribution in [-0.4, -0.2) is 54.8 Å². The summed E-state index contributed by atoms with van der Waals surface area (Å²) in [7, 11) is 3.56. The van der Waals surface area contributed by atoms with Crippen LogP contribution in [0, 0.1) is 0 Å². The molecule has 0 unspecified atom stereocenters. The highest BCUT2D eigenvalue weighted by Crippen LogP contribution is 2.17. The Kier molecular flexibility index (Phi) is 6.85. The van der Waals surface area contributed by atoms with E-state index < -0.39 is 5.60 Å². The zero-order valence-corrected chi connectivity index (χ0v) is 16.2. The van der Waals surface area contributed by atoms with Crippen LogP contribution in [0.1, 0.15) is 44.7 Å². The highest BCUT2D eigenvalue weighted by atomic mass is 16.6. The molecule has 0 N–H and O–H groups in total. The fourth-order valence-corrected chi connectivity index (χ4v) is 2.99. The van der Waals surface area contributed by atoms with Crippen LogP contribution in [0.25, 0.3) is 0 Å². The number of likely N-dealkylation sites (tertiary alicyclic amines) is 1. The van der Waals surface area contributed by atoms with E-state index in [1.54, 1.807) is 19.1 Å². The SMILES string of the molecule is COC1CCN(Cc2ccc(CN(C)C(=O)OC(C)(C)C)cc2)CC1. The van der Waals surface area contributed by atoms with Gasteiger partial charge in [0.15, 0.2) is 0 Å². The topological polar surface area (TPSA) is 42.0 Å². The maximum absolute atomic E-state index is 12.0. The molecule has 1 heterocycles.